The minimum absolute atomic E-state index is 0.00339. The molecule has 2 heterocycles. The van der Waals surface area contributed by atoms with Crippen LogP contribution in [0, 0.1) is 17.8 Å². The number of amides is 2. The largest absolute Gasteiger partial charge is 0.392 e. The fourth-order valence-corrected chi connectivity index (χ4v) is 11.1. The maximum absolute atomic E-state index is 13.2. The molecule has 3 atom stereocenters. The smallest absolute Gasteiger partial charge is 0.315 e. The summed E-state index contributed by atoms with van der Waals surface area (Å²) in [7, 11) is 0. The number of carbonyl (C=O) groups excluding carboxylic acids is 1. The molecule has 4 aromatic rings. The Labute approximate surface area is 335 Å². The lowest BCUT2D eigenvalue weighted by molar-refractivity contribution is -0.253. The standard InChI is InChI=1S/C47H54ClN3O5/c48-41-13-11-40(12-14-41)47(54)15-17-51(18-16-47)29-42-24-43(36-9-7-31(30-52)8-10-36)56-44(55-42)39-6-2-5-38(23-39)37-4-1-3-32(22-37)28-49-45(53)50-46-25-33-19-34(26-46)21-35(20-33)27-46/h1-14,22-23,33-35,42-44,52,54H,15-21,24-30H2,(H2,49,50,53)/t33?,34?,35?,42-,43+,44+,46?/m0/s1. The van der Waals surface area contributed by atoms with Gasteiger partial charge in [0, 0.05) is 48.7 Å². The lowest BCUT2D eigenvalue weighted by Gasteiger charge is -2.56. The molecule has 0 aromatic heterocycles. The van der Waals surface area contributed by atoms with Gasteiger partial charge in [0.15, 0.2) is 6.29 Å². The first kappa shape index (κ1) is 37.8. The van der Waals surface area contributed by atoms with Crippen LogP contribution in [0.4, 0.5) is 4.79 Å². The predicted molar refractivity (Wildman–Crippen MR) is 218 cm³/mol. The Kier molecular flexibility index (Phi) is 10.7. The second kappa shape index (κ2) is 15.9. The maximum atomic E-state index is 13.2. The average Bonchev–Trinajstić information content (AvgIpc) is 3.20. The van der Waals surface area contributed by atoms with E-state index in [-0.39, 0.29) is 30.4 Å². The van der Waals surface area contributed by atoms with E-state index in [1.54, 1.807) is 0 Å². The molecule has 2 saturated heterocycles. The molecular weight excluding hydrogens is 722 g/mol. The summed E-state index contributed by atoms with van der Waals surface area (Å²) < 4.78 is 13.5. The first-order chi connectivity index (χ1) is 27.2. The summed E-state index contributed by atoms with van der Waals surface area (Å²) in [4.78, 5) is 15.6. The summed E-state index contributed by atoms with van der Waals surface area (Å²) in [5.74, 6) is 2.35. The Morgan fingerprint density at radius 1 is 0.768 bits per heavy atom. The number of rotatable bonds is 10. The zero-order valence-electron chi connectivity index (χ0n) is 32.0. The first-order valence-electron chi connectivity index (χ1n) is 20.7. The fourth-order valence-electron chi connectivity index (χ4n) is 10.9. The molecule has 4 aromatic carbocycles. The molecule has 0 radical (unpaired) electrons. The number of urea groups is 1. The molecule has 2 amide bonds. The van der Waals surface area contributed by atoms with Gasteiger partial charge in [0.25, 0.3) is 0 Å². The van der Waals surface area contributed by atoms with Crippen molar-refractivity contribution in [3.05, 3.63) is 130 Å². The van der Waals surface area contributed by atoms with Gasteiger partial charge in [0.1, 0.15) is 0 Å². The normalized spacial score (nSPS) is 29.6. The Balaban J connectivity index is 0.873. The van der Waals surface area contributed by atoms with Crippen molar-refractivity contribution in [1.82, 2.24) is 15.5 Å². The van der Waals surface area contributed by atoms with Crippen LogP contribution in [0.5, 0.6) is 0 Å². The van der Waals surface area contributed by atoms with Crippen molar-refractivity contribution in [2.45, 2.75) is 101 Å². The highest BCUT2D eigenvalue weighted by molar-refractivity contribution is 6.30. The second-order valence-corrected chi connectivity index (χ2v) is 18.0. The first-order valence-corrected chi connectivity index (χ1v) is 21.0. The van der Waals surface area contributed by atoms with E-state index in [4.69, 9.17) is 21.1 Å². The lowest BCUT2D eigenvalue weighted by atomic mass is 9.53. The van der Waals surface area contributed by atoms with Gasteiger partial charge in [-0.25, -0.2) is 4.79 Å². The van der Waals surface area contributed by atoms with E-state index in [2.05, 4.69) is 64.1 Å². The molecule has 2 aliphatic heterocycles. The third-order valence-corrected chi connectivity index (χ3v) is 13.7. The molecule has 6 fully saturated rings. The van der Waals surface area contributed by atoms with Gasteiger partial charge in [-0.3, -0.25) is 0 Å². The van der Waals surface area contributed by atoms with Gasteiger partial charge in [0.05, 0.1) is 24.4 Å². The number of aliphatic hydroxyl groups is 2. The quantitative estimate of drug-likeness (QED) is 0.129. The van der Waals surface area contributed by atoms with Gasteiger partial charge >= 0.3 is 6.03 Å². The molecule has 0 unspecified atom stereocenters. The number of ether oxygens (including phenoxy) is 2. The summed E-state index contributed by atoms with van der Waals surface area (Å²) in [6.45, 7) is 2.70. The minimum Gasteiger partial charge on any atom is -0.392 e. The van der Waals surface area contributed by atoms with Crippen LogP contribution in [0.15, 0.2) is 97.1 Å². The topological polar surface area (TPSA) is 103 Å². The van der Waals surface area contributed by atoms with Crippen molar-refractivity contribution >= 4 is 17.6 Å². The molecular formula is C47H54ClN3O5. The third kappa shape index (κ3) is 8.29. The van der Waals surface area contributed by atoms with Gasteiger partial charge in [-0.1, -0.05) is 84.4 Å². The summed E-state index contributed by atoms with van der Waals surface area (Å²) in [5.41, 5.74) is 6.07. The van der Waals surface area contributed by atoms with E-state index in [0.717, 1.165) is 95.6 Å². The lowest BCUT2D eigenvalue weighted by Crippen LogP contribution is -2.61. The monoisotopic (exact) mass is 775 g/mol. The predicted octanol–water partition coefficient (Wildman–Crippen LogP) is 8.80. The molecule has 4 saturated carbocycles. The van der Waals surface area contributed by atoms with Crippen molar-refractivity contribution in [2.75, 3.05) is 19.6 Å². The van der Waals surface area contributed by atoms with E-state index in [0.29, 0.717) is 30.8 Å². The molecule has 0 spiro atoms. The van der Waals surface area contributed by atoms with E-state index < -0.39 is 11.9 Å². The van der Waals surface area contributed by atoms with Crippen LogP contribution in [0.1, 0.15) is 98.0 Å². The van der Waals surface area contributed by atoms with Crippen molar-refractivity contribution in [3.8, 4) is 11.1 Å². The molecule has 6 aliphatic rings. The number of halogens is 1. The SMILES string of the molecule is O=C(NCc1cccc(-c2cccc([C@@H]3O[C@H](CN4CCC(O)(c5ccc(Cl)cc5)CC4)C[C@H](c4ccc(CO)cc4)O3)c2)c1)NC12CC3CC(CC(C3)C1)C2. The summed E-state index contributed by atoms with van der Waals surface area (Å²) in [5, 5.41) is 28.5. The molecule has 294 valence electrons. The van der Waals surface area contributed by atoms with Crippen molar-refractivity contribution < 1.29 is 24.5 Å². The highest BCUT2D eigenvalue weighted by atomic mass is 35.5. The van der Waals surface area contributed by atoms with E-state index >= 15 is 0 Å². The molecule has 9 heteroatoms. The number of nitrogens with zero attached hydrogens (tertiary/aromatic N) is 1. The van der Waals surface area contributed by atoms with Crippen molar-refractivity contribution in [1.29, 1.82) is 0 Å². The Morgan fingerprint density at radius 2 is 1.43 bits per heavy atom. The molecule has 8 nitrogen and oxygen atoms in total. The maximum Gasteiger partial charge on any atom is 0.315 e. The van der Waals surface area contributed by atoms with Crippen LogP contribution >= 0.6 is 11.6 Å². The van der Waals surface area contributed by atoms with Gasteiger partial charge in [-0.05, 0) is 127 Å². The van der Waals surface area contributed by atoms with Crippen LogP contribution in [0.25, 0.3) is 11.1 Å². The average molecular weight is 776 g/mol. The Hall–Kier alpha value is -3.76. The van der Waals surface area contributed by atoms with Gasteiger partial charge in [-0.15, -0.1) is 0 Å². The zero-order valence-corrected chi connectivity index (χ0v) is 32.8. The number of benzene rings is 4. The number of likely N-dealkylation sites (tertiary alicyclic amines) is 1. The van der Waals surface area contributed by atoms with Crippen molar-refractivity contribution in [3.63, 3.8) is 0 Å². The Bertz CT molecular complexity index is 1960. The number of nitrogens with one attached hydrogen (secondary N) is 2. The second-order valence-electron chi connectivity index (χ2n) is 17.5. The number of aliphatic hydroxyl groups excluding tert-OH is 1. The van der Waals surface area contributed by atoms with E-state index in [1.165, 1.54) is 19.3 Å². The number of carbonyl (C=O) groups is 1. The van der Waals surface area contributed by atoms with Gasteiger partial charge < -0.3 is 35.2 Å². The number of hydrogen-bond donors (Lipinski definition) is 4. The molecule has 4 bridgehead atoms. The molecule has 4 N–H and O–H groups in total. The van der Waals surface area contributed by atoms with Crippen LogP contribution < -0.4 is 10.6 Å². The number of piperidine rings is 1. The molecule has 4 aliphatic carbocycles. The van der Waals surface area contributed by atoms with E-state index in [9.17, 15) is 15.0 Å². The van der Waals surface area contributed by atoms with Crippen LogP contribution in [0.2, 0.25) is 5.02 Å². The van der Waals surface area contributed by atoms with Gasteiger partial charge in [0.2, 0.25) is 0 Å². The van der Waals surface area contributed by atoms with Crippen LogP contribution in [-0.2, 0) is 28.2 Å². The van der Waals surface area contributed by atoms with Crippen LogP contribution in [-0.4, -0.2) is 52.4 Å². The fraction of sp³-hybridized carbons (Fsp3) is 0.468. The summed E-state index contributed by atoms with van der Waals surface area (Å²) in [6, 6.07) is 32.3. The van der Waals surface area contributed by atoms with Crippen molar-refractivity contribution in [2.24, 2.45) is 17.8 Å². The minimum atomic E-state index is -0.870. The highest BCUT2D eigenvalue weighted by Gasteiger charge is 2.51. The molecule has 56 heavy (non-hydrogen) atoms. The molecule has 10 rings (SSSR count). The van der Waals surface area contributed by atoms with Crippen LogP contribution in [0.3, 0.4) is 0 Å². The third-order valence-electron chi connectivity index (χ3n) is 13.4. The zero-order chi connectivity index (χ0) is 38.3. The summed E-state index contributed by atoms with van der Waals surface area (Å²) in [6.07, 6.45) is 8.57. The van der Waals surface area contributed by atoms with Gasteiger partial charge in [-0.2, -0.15) is 0 Å². The van der Waals surface area contributed by atoms with E-state index in [1.807, 2.05) is 48.5 Å². The Morgan fingerprint density at radius 3 is 2.11 bits per heavy atom. The number of hydrogen-bond acceptors (Lipinski definition) is 6. The highest BCUT2D eigenvalue weighted by Crippen LogP contribution is 2.55. The summed E-state index contributed by atoms with van der Waals surface area (Å²) >= 11 is 6.12.